The van der Waals surface area contributed by atoms with Gasteiger partial charge in [-0.05, 0) is 24.3 Å². The average molecular weight is 312 g/mol. The Morgan fingerprint density at radius 3 is 2.78 bits per heavy atom. The van der Waals surface area contributed by atoms with Crippen molar-refractivity contribution >= 4 is 11.6 Å². The molecule has 120 valence electrons. The van der Waals surface area contributed by atoms with Crippen molar-refractivity contribution in [1.82, 2.24) is 25.2 Å². The van der Waals surface area contributed by atoms with Gasteiger partial charge in [0.25, 0.3) is 0 Å². The first-order valence-corrected chi connectivity index (χ1v) is 7.62. The van der Waals surface area contributed by atoms with Crippen LogP contribution in [0.5, 0.6) is 0 Å². The molecule has 0 saturated heterocycles. The fourth-order valence-electron chi connectivity index (χ4n) is 2.33. The zero-order valence-corrected chi connectivity index (χ0v) is 13.1. The van der Waals surface area contributed by atoms with Crippen LogP contribution < -0.4 is 10.6 Å². The first-order valence-electron chi connectivity index (χ1n) is 7.62. The molecule has 0 spiro atoms. The van der Waals surface area contributed by atoms with Gasteiger partial charge in [-0.25, -0.2) is 0 Å². The summed E-state index contributed by atoms with van der Waals surface area (Å²) in [5.41, 5.74) is 0.864. The molecular weight excluding hydrogens is 292 g/mol. The molecule has 3 heterocycles. The Bertz CT molecular complexity index is 762. The fraction of sp³-hybridized carbons (Fsp3) is 0.312. The molecule has 0 aliphatic carbocycles. The number of aromatic nitrogens is 3. The smallest absolute Gasteiger partial charge is 0.191 e. The van der Waals surface area contributed by atoms with E-state index in [1.807, 2.05) is 40.9 Å². The third-order valence-corrected chi connectivity index (χ3v) is 3.49. The van der Waals surface area contributed by atoms with Crippen molar-refractivity contribution in [1.29, 1.82) is 0 Å². The zero-order chi connectivity index (χ0) is 15.9. The summed E-state index contributed by atoms with van der Waals surface area (Å²) < 4.78 is 7.30. The lowest BCUT2D eigenvalue weighted by Crippen LogP contribution is -2.39. The van der Waals surface area contributed by atoms with Crippen LogP contribution in [-0.2, 0) is 12.8 Å². The fourth-order valence-corrected chi connectivity index (χ4v) is 2.33. The molecule has 0 amide bonds. The highest BCUT2D eigenvalue weighted by Crippen LogP contribution is 2.03. The molecule has 0 aliphatic rings. The van der Waals surface area contributed by atoms with Crippen molar-refractivity contribution in [3.8, 4) is 0 Å². The molecule has 0 radical (unpaired) electrons. The molecule has 0 aromatic carbocycles. The van der Waals surface area contributed by atoms with Crippen molar-refractivity contribution in [2.75, 3.05) is 20.1 Å². The summed E-state index contributed by atoms with van der Waals surface area (Å²) in [5, 5.41) is 14.9. The monoisotopic (exact) mass is 312 g/mol. The summed E-state index contributed by atoms with van der Waals surface area (Å²) in [7, 11) is 1.76. The quantitative estimate of drug-likeness (QED) is 0.529. The topological polar surface area (TPSA) is 79.8 Å². The van der Waals surface area contributed by atoms with E-state index in [0.717, 1.165) is 49.1 Å². The van der Waals surface area contributed by atoms with Crippen molar-refractivity contribution in [2.45, 2.75) is 12.8 Å². The Morgan fingerprint density at radius 2 is 2.00 bits per heavy atom. The number of nitrogens with one attached hydrogen (secondary N) is 2. The normalized spacial score (nSPS) is 11.8. The van der Waals surface area contributed by atoms with Gasteiger partial charge in [0, 0.05) is 39.2 Å². The lowest BCUT2D eigenvalue weighted by Gasteiger charge is -2.10. The summed E-state index contributed by atoms with van der Waals surface area (Å²) >= 11 is 0. The molecule has 0 bridgehead atoms. The van der Waals surface area contributed by atoms with Crippen molar-refractivity contribution in [2.24, 2.45) is 4.99 Å². The summed E-state index contributed by atoms with van der Waals surface area (Å²) in [4.78, 5) is 4.21. The van der Waals surface area contributed by atoms with Gasteiger partial charge in [0.15, 0.2) is 11.6 Å². The van der Waals surface area contributed by atoms with E-state index in [1.165, 1.54) is 0 Å². The van der Waals surface area contributed by atoms with Crippen LogP contribution in [0.2, 0.25) is 0 Å². The molecule has 0 fully saturated rings. The molecular formula is C16H20N6O. The van der Waals surface area contributed by atoms with E-state index in [0.29, 0.717) is 0 Å². The lowest BCUT2D eigenvalue weighted by molar-refractivity contribution is 0.507. The van der Waals surface area contributed by atoms with Crippen LogP contribution in [0.15, 0.2) is 52.2 Å². The van der Waals surface area contributed by atoms with E-state index in [4.69, 9.17) is 4.42 Å². The molecule has 0 saturated carbocycles. The molecule has 23 heavy (non-hydrogen) atoms. The van der Waals surface area contributed by atoms with Gasteiger partial charge in [0.05, 0.1) is 6.26 Å². The molecule has 0 aliphatic heterocycles. The minimum absolute atomic E-state index is 0.732. The second-order valence-corrected chi connectivity index (χ2v) is 5.05. The zero-order valence-electron chi connectivity index (χ0n) is 13.1. The van der Waals surface area contributed by atoms with Crippen LogP contribution in [0.4, 0.5) is 0 Å². The molecule has 2 N–H and O–H groups in total. The number of hydrogen-bond acceptors (Lipinski definition) is 4. The molecule has 3 rings (SSSR count). The van der Waals surface area contributed by atoms with Crippen molar-refractivity contribution in [3.63, 3.8) is 0 Å². The Labute approximate surface area is 134 Å². The van der Waals surface area contributed by atoms with Crippen LogP contribution in [0.1, 0.15) is 11.6 Å². The minimum Gasteiger partial charge on any atom is -0.469 e. The number of fused-ring (bicyclic) bond motifs is 1. The molecule has 0 atom stereocenters. The largest absolute Gasteiger partial charge is 0.469 e. The second-order valence-electron chi connectivity index (χ2n) is 5.05. The second kappa shape index (κ2) is 7.44. The summed E-state index contributed by atoms with van der Waals surface area (Å²) in [6.07, 6.45) is 5.25. The van der Waals surface area contributed by atoms with Gasteiger partial charge < -0.3 is 15.1 Å². The van der Waals surface area contributed by atoms with Crippen LogP contribution in [-0.4, -0.2) is 40.7 Å². The standard InChI is InChI=1S/C16H20N6O/c1-17-16(18-9-7-13-5-4-12-23-13)19-10-8-15-21-20-14-6-2-3-11-22(14)15/h2-6,11-12H,7-10H2,1H3,(H2,17,18,19). The summed E-state index contributed by atoms with van der Waals surface area (Å²) in [5.74, 6) is 2.66. The number of guanidine groups is 1. The number of pyridine rings is 1. The first kappa shape index (κ1) is 15.1. The maximum absolute atomic E-state index is 5.30. The predicted molar refractivity (Wildman–Crippen MR) is 88.5 cm³/mol. The van der Waals surface area contributed by atoms with Gasteiger partial charge in [0.2, 0.25) is 0 Å². The third-order valence-electron chi connectivity index (χ3n) is 3.49. The third kappa shape index (κ3) is 3.88. The lowest BCUT2D eigenvalue weighted by atomic mass is 10.3. The van der Waals surface area contributed by atoms with Crippen LogP contribution in [0.25, 0.3) is 5.65 Å². The highest BCUT2D eigenvalue weighted by atomic mass is 16.3. The number of nitrogens with zero attached hydrogens (tertiary/aromatic N) is 4. The highest BCUT2D eigenvalue weighted by Gasteiger charge is 2.05. The van der Waals surface area contributed by atoms with Gasteiger partial charge >= 0.3 is 0 Å². The molecule has 3 aromatic heterocycles. The van der Waals surface area contributed by atoms with Crippen molar-refractivity contribution in [3.05, 3.63) is 54.4 Å². The Balaban J connectivity index is 1.45. The van der Waals surface area contributed by atoms with E-state index in [2.05, 4.69) is 25.8 Å². The van der Waals surface area contributed by atoms with Gasteiger partial charge in [-0.2, -0.15) is 0 Å². The number of aliphatic imine (C=N–C) groups is 1. The molecule has 0 unspecified atom stereocenters. The Hall–Kier alpha value is -2.83. The van der Waals surface area contributed by atoms with Gasteiger partial charge in [-0.1, -0.05) is 6.07 Å². The van der Waals surface area contributed by atoms with E-state index in [-0.39, 0.29) is 0 Å². The van der Waals surface area contributed by atoms with Gasteiger partial charge in [0.1, 0.15) is 11.6 Å². The molecule has 7 heteroatoms. The molecule has 3 aromatic rings. The summed E-state index contributed by atoms with van der Waals surface area (Å²) in [6.45, 7) is 1.50. The summed E-state index contributed by atoms with van der Waals surface area (Å²) in [6, 6.07) is 9.73. The first-order chi connectivity index (χ1) is 11.4. The predicted octanol–water partition coefficient (Wildman–Crippen LogP) is 1.27. The Morgan fingerprint density at radius 1 is 1.13 bits per heavy atom. The Kier molecular flexibility index (Phi) is 4.88. The van der Waals surface area contributed by atoms with Crippen LogP contribution in [0.3, 0.4) is 0 Å². The van der Waals surface area contributed by atoms with E-state index in [1.54, 1.807) is 13.3 Å². The maximum atomic E-state index is 5.30. The number of furan rings is 1. The highest BCUT2D eigenvalue weighted by molar-refractivity contribution is 5.79. The SMILES string of the molecule is CN=C(NCCc1ccco1)NCCc1nnc2ccccn12. The maximum Gasteiger partial charge on any atom is 0.191 e. The van der Waals surface area contributed by atoms with Gasteiger partial charge in [-0.3, -0.25) is 9.39 Å². The van der Waals surface area contributed by atoms with E-state index in [9.17, 15) is 0 Å². The average Bonchev–Trinajstić information content (AvgIpc) is 3.23. The minimum atomic E-state index is 0.732. The van der Waals surface area contributed by atoms with E-state index >= 15 is 0 Å². The van der Waals surface area contributed by atoms with E-state index < -0.39 is 0 Å². The van der Waals surface area contributed by atoms with Gasteiger partial charge in [-0.15, -0.1) is 10.2 Å². The van der Waals surface area contributed by atoms with Crippen LogP contribution >= 0.6 is 0 Å². The van der Waals surface area contributed by atoms with Crippen molar-refractivity contribution < 1.29 is 4.42 Å². The number of rotatable bonds is 6. The number of hydrogen-bond donors (Lipinski definition) is 2. The molecule has 7 nitrogen and oxygen atoms in total. The van der Waals surface area contributed by atoms with Crippen LogP contribution in [0, 0.1) is 0 Å².